The molecule has 2 heterocycles. The Labute approximate surface area is 161 Å². The fraction of sp³-hybridized carbons (Fsp3) is 0.0556. The summed E-state index contributed by atoms with van der Waals surface area (Å²) < 4.78 is 6.56. The van der Waals surface area contributed by atoms with E-state index < -0.39 is 5.63 Å². The molecule has 0 saturated heterocycles. The van der Waals surface area contributed by atoms with Crippen LogP contribution in [0.15, 0.2) is 67.7 Å². The molecule has 2 N–H and O–H groups in total. The fourth-order valence-electron chi connectivity index (χ4n) is 2.68. The molecule has 4 rings (SSSR count). The zero-order valence-electron chi connectivity index (χ0n) is 13.7. The molecular formula is C18H12ClN3O4S. The second kappa shape index (κ2) is 6.98. The maximum Gasteiger partial charge on any atom is 0.348 e. The number of phenols is 1. The van der Waals surface area contributed by atoms with E-state index in [0.717, 1.165) is 0 Å². The molecule has 0 radical (unpaired) electrons. The Morgan fingerprint density at radius 1 is 1.15 bits per heavy atom. The van der Waals surface area contributed by atoms with Crippen molar-refractivity contribution < 1.29 is 9.52 Å². The van der Waals surface area contributed by atoms with Gasteiger partial charge < -0.3 is 9.52 Å². The predicted octanol–water partition coefficient (Wildman–Crippen LogP) is 3.32. The van der Waals surface area contributed by atoms with E-state index in [1.54, 1.807) is 30.3 Å². The molecule has 4 aromatic rings. The van der Waals surface area contributed by atoms with E-state index in [4.69, 9.17) is 16.0 Å². The van der Waals surface area contributed by atoms with Gasteiger partial charge in [-0.05, 0) is 42.0 Å². The van der Waals surface area contributed by atoms with Crippen LogP contribution in [0.5, 0.6) is 5.75 Å². The highest BCUT2D eigenvalue weighted by Crippen LogP contribution is 2.28. The number of nitrogens with zero attached hydrogens (tertiary/aromatic N) is 2. The molecule has 0 fully saturated rings. The highest BCUT2D eigenvalue weighted by molar-refractivity contribution is 7.98. The Kier molecular flexibility index (Phi) is 4.51. The Balaban J connectivity index is 1.69. The number of phenolic OH excluding ortho intramolecular Hbond substituents is 1. The molecule has 7 nitrogen and oxygen atoms in total. The summed E-state index contributed by atoms with van der Waals surface area (Å²) in [5, 5.41) is 17.8. The average molecular weight is 402 g/mol. The molecule has 0 bridgehead atoms. The minimum atomic E-state index is -0.513. The van der Waals surface area contributed by atoms with Crippen LogP contribution in [0.1, 0.15) is 5.56 Å². The molecule has 0 aliphatic carbocycles. The smallest absolute Gasteiger partial charge is 0.348 e. The van der Waals surface area contributed by atoms with Crippen molar-refractivity contribution in [1.29, 1.82) is 0 Å². The summed E-state index contributed by atoms with van der Waals surface area (Å²) in [6, 6.07) is 12.8. The molecule has 0 unspecified atom stereocenters. The van der Waals surface area contributed by atoms with Crippen LogP contribution in [0.4, 0.5) is 0 Å². The molecule has 136 valence electrons. The Morgan fingerprint density at radius 3 is 2.70 bits per heavy atom. The number of fused-ring (bicyclic) bond motifs is 1. The number of thioether (sulfide) groups is 1. The first-order valence-corrected chi connectivity index (χ1v) is 9.19. The summed E-state index contributed by atoms with van der Waals surface area (Å²) in [6.45, 7) is 0. The molecule has 0 saturated carbocycles. The lowest BCUT2D eigenvalue weighted by atomic mass is 10.1. The van der Waals surface area contributed by atoms with Crippen molar-refractivity contribution in [2.75, 3.05) is 0 Å². The summed E-state index contributed by atoms with van der Waals surface area (Å²) in [7, 11) is 0. The number of benzene rings is 2. The number of hydrogen-bond acceptors (Lipinski definition) is 6. The van der Waals surface area contributed by atoms with Crippen LogP contribution in [0.25, 0.3) is 16.7 Å². The van der Waals surface area contributed by atoms with Gasteiger partial charge in [-0.25, -0.2) is 19.3 Å². The first-order valence-electron chi connectivity index (χ1n) is 7.83. The third-order valence-electron chi connectivity index (χ3n) is 3.90. The maximum absolute atomic E-state index is 12.1. The second-order valence-corrected chi connectivity index (χ2v) is 7.06. The first-order chi connectivity index (χ1) is 13.0. The highest BCUT2D eigenvalue weighted by atomic mass is 35.5. The number of aromatic amines is 1. The number of H-pyrrole nitrogens is 1. The van der Waals surface area contributed by atoms with Crippen LogP contribution in [0, 0.1) is 0 Å². The van der Waals surface area contributed by atoms with Crippen molar-refractivity contribution in [2.45, 2.75) is 10.9 Å². The van der Waals surface area contributed by atoms with Gasteiger partial charge in [-0.2, -0.15) is 0 Å². The lowest BCUT2D eigenvalue weighted by Gasteiger charge is -2.07. The lowest BCUT2D eigenvalue weighted by Crippen LogP contribution is -2.15. The van der Waals surface area contributed by atoms with Crippen molar-refractivity contribution in [1.82, 2.24) is 14.8 Å². The van der Waals surface area contributed by atoms with E-state index >= 15 is 0 Å². The van der Waals surface area contributed by atoms with Crippen LogP contribution < -0.4 is 11.3 Å². The van der Waals surface area contributed by atoms with E-state index in [2.05, 4.69) is 10.2 Å². The number of nitrogens with one attached hydrogen (secondary N) is 1. The third kappa shape index (κ3) is 3.49. The molecule has 0 spiro atoms. The molecule has 27 heavy (non-hydrogen) atoms. The average Bonchev–Trinajstić information content (AvgIpc) is 3.00. The summed E-state index contributed by atoms with van der Waals surface area (Å²) in [6.07, 6.45) is 0. The normalized spacial score (nSPS) is 11.1. The van der Waals surface area contributed by atoms with Crippen molar-refractivity contribution >= 4 is 34.3 Å². The van der Waals surface area contributed by atoms with Gasteiger partial charge in [-0.1, -0.05) is 23.4 Å². The molecule has 9 heteroatoms. The van der Waals surface area contributed by atoms with Gasteiger partial charge >= 0.3 is 11.3 Å². The molecule has 0 aliphatic heterocycles. The Morgan fingerprint density at radius 2 is 1.93 bits per heavy atom. The van der Waals surface area contributed by atoms with Gasteiger partial charge in [-0.15, -0.1) is 5.10 Å². The van der Waals surface area contributed by atoms with Crippen LogP contribution in [-0.2, 0) is 5.75 Å². The van der Waals surface area contributed by atoms with Crippen LogP contribution in [-0.4, -0.2) is 19.9 Å². The Hall–Kier alpha value is -2.97. The van der Waals surface area contributed by atoms with Crippen molar-refractivity contribution in [3.63, 3.8) is 0 Å². The number of hydrogen-bond donors (Lipinski definition) is 2. The van der Waals surface area contributed by atoms with Gasteiger partial charge in [0.2, 0.25) is 0 Å². The minimum Gasteiger partial charge on any atom is -0.508 e. The topological polar surface area (TPSA) is 101 Å². The number of aromatic nitrogens is 3. The van der Waals surface area contributed by atoms with E-state index in [1.165, 1.54) is 34.5 Å². The predicted molar refractivity (Wildman–Crippen MR) is 103 cm³/mol. The maximum atomic E-state index is 12.1. The van der Waals surface area contributed by atoms with Crippen LogP contribution in [0.3, 0.4) is 0 Å². The SMILES string of the molecule is O=c1cc(CSc2n[nH]c(=O)n2-c2ccc(Cl)cc2)c2ccc(O)cc2o1. The molecule has 2 aromatic carbocycles. The summed E-state index contributed by atoms with van der Waals surface area (Å²) >= 11 is 7.20. The zero-order chi connectivity index (χ0) is 19.0. The van der Waals surface area contributed by atoms with Crippen molar-refractivity contribution in [3.8, 4) is 11.4 Å². The van der Waals surface area contributed by atoms with Gasteiger partial charge in [0.25, 0.3) is 0 Å². The third-order valence-corrected chi connectivity index (χ3v) is 5.14. The zero-order valence-corrected chi connectivity index (χ0v) is 15.3. The lowest BCUT2D eigenvalue weighted by molar-refractivity contribution is 0.473. The highest BCUT2D eigenvalue weighted by Gasteiger charge is 2.13. The van der Waals surface area contributed by atoms with Gasteiger partial charge in [0, 0.05) is 28.3 Å². The minimum absolute atomic E-state index is 0.0133. The van der Waals surface area contributed by atoms with Crippen molar-refractivity contribution in [3.05, 3.63) is 80.0 Å². The summed E-state index contributed by atoms with van der Waals surface area (Å²) in [4.78, 5) is 24.0. The largest absolute Gasteiger partial charge is 0.508 e. The van der Waals surface area contributed by atoms with Gasteiger partial charge in [0.1, 0.15) is 11.3 Å². The standard InChI is InChI=1S/C18H12ClN3O4S/c19-11-1-3-12(4-2-11)22-17(25)20-21-18(22)27-9-10-7-16(24)26-15-8-13(23)5-6-14(10)15/h1-8,23H,9H2,(H,20,25). The number of halogens is 1. The second-order valence-electron chi connectivity index (χ2n) is 5.68. The van der Waals surface area contributed by atoms with Gasteiger partial charge in [0.05, 0.1) is 5.69 Å². The molecule has 0 amide bonds. The Bertz CT molecular complexity index is 1240. The van der Waals surface area contributed by atoms with E-state index in [1.807, 2.05) is 0 Å². The molecule has 0 atom stereocenters. The number of rotatable bonds is 4. The van der Waals surface area contributed by atoms with E-state index in [9.17, 15) is 14.7 Å². The number of aromatic hydroxyl groups is 1. The fourth-order valence-corrected chi connectivity index (χ4v) is 3.75. The summed E-state index contributed by atoms with van der Waals surface area (Å²) in [5.41, 5.74) is 0.755. The van der Waals surface area contributed by atoms with Crippen molar-refractivity contribution in [2.24, 2.45) is 0 Å². The van der Waals surface area contributed by atoms with E-state index in [-0.39, 0.29) is 11.4 Å². The summed E-state index contributed by atoms with van der Waals surface area (Å²) in [5.74, 6) is 0.393. The van der Waals surface area contributed by atoms with Crippen LogP contribution in [0.2, 0.25) is 5.02 Å². The first kappa shape index (κ1) is 17.4. The van der Waals surface area contributed by atoms with Gasteiger partial charge in [-0.3, -0.25) is 0 Å². The molecular weight excluding hydrogens is 390 g/mol. The van der Waals surface area contributed by atoms with E-state index in [0.29, 0.717) is 38.2 Å². The quantitative estimate of drug-likeness (QED) is 0.402. The van der Waals surface area contributed by atoms with Gasteiger partial charge in [0.15, 0.2) is 5.16 Å². The molecule has 2 aromatic heterocycles. The monoisotopic (exact) mass is 401 g/mol. The van der Waals surface area contributed by atoms with Crippen LogP contribution >= 0.6 is 23.4 Å². The molecule has 0 aliphatic rings.